The summed E-state index contributed by atoms with van der Waals surface area (Å²) in [6.07, 6.45) is 2.81. The van der Waals surface area contributed by atoms with Crippen LogP contribution in [0.1, 0.15) is 62.8 Å². The van der Waals surface area contributed by atoms with Gasteiger partial charge in [-0.3, -0.25) is 0 Å². The van der Waals surface area contributed by atoms with E-state index in [-0.39, 0.29) is 6.03 Å². The van der Waals surface area contributed by atoms with Gasteiger partial charge in [0.15, 0.2) is 0 Å². The summed E-state index contributed by atoms with van der Waals surface area (Å²) in [5.41, 5.74) is 4.42. The molecule has 0 aliphatic heterocycles. The van der Waals surface area contributed by atoms with E-state index in [0.717, 1.165) is 17.8 Å². The summed E-state index contributed by atoms with van der Waals surface area (Å²) >= 11 is 0. The lowest BCUT2D eigenvalue weighted by atomic mass is 9.93. The minimum atomic E-state index is -0.0627. The highest BCUT2D eigenvalue weighted by Gasteiger charge is 2.20. The Morgan fingerprint density at radius 2 is 1.75 bits per heavy atom. The Morgan fingerprint density at radius 1 is 1.11 bits per heavy atom. The summed E-state index contributed by atoms with van der Waals surface area (Å²) in [5, 5.41) is 3.24. The van der Waals surface area contributed by atoms with Crippen molar-refractivity contribution in [1.82, 2.24) is 9.47 Å². The number of nitrogens with zero attached hydrogens (tertiary/aromatic N) is 2. The number of hydrogen-bond donors (Lipinski definition) is 1. The molecule has 0 aliphatic rings. The fraction of sp³-hybridized carbons (Fsp3) is 0.522. The summed E-state index contributed by atoms with van der Waals surface area (Å²) in [7, 11) is 3.70. The second-order valence-corrected chi connectivity index (χ2v) is 7.93. The van der Waals surface area contributed by atoms with Gasteiger partial charge in [0, 0.05) is 44.9 Å². The van der Waals surface area contributed by atoms with Gasteiger partial charge in [0.05, 0.1) is 6.54 Å². The maximum absolute atomic E-state index is 13.3. The average molecular weight is 386 g/mol. The monoisotopic (exact) mass is 385 g/mol. The third-order valence-electron chi connectivity index (χ3n) is 5.07. The van der Waals surface area contributed by atoms with Crippen molar-refractivity contribution in [3.05, 3.63) is 53.3 Å². The third kappa shape index (κ3) is 5.61. The van der Waals surface area contributed by atoms with Crippen LogP contribution in [0.25, 0.3) is 0 Å². The van der Waals surface area contributed by atoms with Gasteiger partial charge in [0.1, 0.15) is 0 Å². The van der Waals surface area contributed by atoms with Gasteiger partial charge >= 0.3 is 6.03 Å². The molecule has 1 heterocycles. The van der Waals surface area contributed by atoms with Crippen LogP contribution < -0.4 is 5.32 Å². The molecule has 0 saturated heterocycles. The molecule has 0 atom stereocenters. The van der Waals surface area contributed by atoms with Crippen LogP contribution in [0.4, 0.5) is 10.5 Å². The van der Waals surface area contributed by atoms with Gasteiger partial charge < -0.3 is 19.5 Å². The second-order valence-electron chi connectivity index (χ2n) is 7.93. The number of aryl methyl sites for hydroxylation is 1. The van der Waals surface area contributed by atoms with Crippen LogP contribution in [-0.4, -0.2) is 35.8 Å². The Hall–Kier alpha value is -2.27. The molecule has 0 aliphatic carbocycles. The Bertz CT molecular complexity index is 739. The molecule has 28 heavy (non-hydrogen) atoms. The number of aromatic nitrogens is 1. The van der Waals surface area contributed by atoms with Crippen molar-refractivity contribution in [3.63, 3.8) is 0 Å². The van der Waals surface area contributed by atoms with Crippen molar-refractivity contribution in [2.45, 2.75) is 52.5 Å². The number of methoxy groups -OCH3 is 1. The van der Waals surface area contributed by atoms with Crippen molar-refractivity contribution in [3.8, 4) is 0 Å². The van der Waals surface area contributed by atoms with E-state index < -0.39 is 0 Å². The zero-order valence-corrected chi connectivity index (χ0v) is 18.2. The van der Waals surface area contributed by atoms with E-state index in [4.69, 9.17) is 4.74 Å². The first-order valence-electron chi connectivity index (χ1n) is 10.1. The van der Waals surface area contributed by atoms with Gasteiger partial charge in [-0.25, -0.2) is 4.79 Å². The molecule has 0 saturated carbocycles. The first-order valence-corrected chi connectivity index (χ1v) is 10.1. The number of carbonyl (C=O) groups excluding carboxylic acids is 1. The molecule has 1 aromatic carbocycles. The smallest absolute Gasteiger partial charge is 0.322 e. The molecule has 0 fully saturated rings. The normalized spacial score (nSPS) is 11.3. The number of anilines is 1. The molecule has 2 aromatic rings. The molecule has 5 nitrogen and oxygen atoms in total. The summed E-state index contributed by atoms with van der Waals surface area (Å²) < 4.78 is 7.24. The van der Waals surface area contributed by atoms with Gasteiger partial charge in [0.25, 0.3) is 0 Å². The van der Waals surface area contributed by atoms with E-state index in [0.29, 0.717) is 31.5 Å². The largest absolute Gasteiger partial charge is 0.385 e. The van der Waals surface area contributed by atoms with E-state index in [1.807, 2.05) is 24.2 Å². The number of amides is 2. The SMILES string of the molecule is COCCCN(Cc1cccn1C)C(=O)Nc1c(C(C)C)cccc1C(C)C. The van der Waals surface area contributed by atoms with Gasteiger partial charge in [-0.05, 0) is 41.5 Å². The zero-order valence-electron chi connectivity index (χ0n) is 18.2. The number of urea groups is 1. The molecule has 0 radical (unpaired) electrons. The summed E-state index contributed by atoms with van der Waals surface area (Å²) in [6, 6.07) is 10.3. The van der Waals surface area contributed by atoms with E-state index in [9.17, 15) is 4.79 Å². The lowest BCUT2D eigenvalue weighted by molar-refractivity contribution is 0.171. The number of nitrogens with one attached hydrogen (secondary N) is 1. The van der Waals surface area contributed by atoms with Crippen LogP contribution in [0, 0.1) is 0 Å². The Labute approximate surface area is 169 Å². The Balaban J connectivity index is 2.28. The molecule has 0 bridgehead atoms. The van der Waals surface area contributed by atoms with Crippen molar-refractivity contribution in [2.75, 3.05) is 25.6 Å². The fourth-order valence-electron chi connectivity index (χ4n) is 3.39. The minimum absolute atomic E-state index is 0.0627. The number of carbonyl (C=O) groups is 1. The van der Waals surface area contributed by atoms with Crippen LogP contribution >= 0.6 is 0 Å². The molecule has 5 heteroatoms. The minimum Gasteiger partial charge on any atom is -0.385 e. The van der Waals surface area contributed by atoms with Crippen molar-refractivity contribution in [1.29, 1.82) is 0 Å². The highest BCUT2D eigenvalue weighted by atomic mass is 16.5. The predicted octanol–water partition coefficient (Wildman–Crippen LogP) is 5.34. The number of para-hydroxylation sites is 1. The molecule has 1 aromatic heterocycles. The second kappa shape index (κ2) is 10.3. The van der Waals surface area contributed by atoms with Gasteiger partial charge in [0.2, 0.25) is 0 Å². The topological polar surface area (TPSA) is 46.5 Å². The lowest BCUT2D eigenvalue weighted by Crippen LogP contribution is -2.36. The average Bonchev–Trinajstić information content (AvgIpc) is 3.05. The first-order chi connectivity index (χ1) is 13.3. The molecular formula is C23H35N3O2. The zero-order chi connectivity index (χ0) is 20.7. The van der Waals surface area contributed by atoms with Crippen LogP contribution in [0.3, 0.4) is 0 Å². The van der Waals surface area contributed by atoms with Gasteiger partial charge in [-0.15, -0.1) is 0 Å². The highest BCUT2D eigenvalue weighted by Crippen LogP contribution is 2.32. The Kier molecular flexibility index (Phi) is 8.12. The maximum atomic E-state index is 13.3. The number of rotatable bonds is 9. The first kappa shape index (κ1) is 22.0. The van der Waals surface area contributed by atoms with Gasteiger partial charge in [-0.2, -0.15) is 0 Å². The highest BCUT2D eigenvalue weighted by molar-refractivity contribution is 5.91. The van der Waals surface area contributed by atoms with E-state index >= 15 is 0 Å². The van der Waals surface area contributed by atoms with Crippen molar-refractivity contribution < 1.29 is 9.53 Å². The fourth-order valence-corrected chi connectivity index (χ4v) is 3.39. The number of benzene rings is 1. The molecule has 2 amide bonds. The number of hydrogen-bond acceptors (Lipinski definition) is 2. The van der Waals surface area contributed by atoms with Crippen molar-refractivity contribution >= 4 is 11.7 Å². The molecule has 2 rings (SSSR count). The van der Waals surface area contributed by atoms with E-state index in [1.165, 1.54) is 11.1 Å². The molecule has 0 spiro atoms. The van der Waals surface area contributed by atoms with Crippen LogP contribution in [0.15, 0.2) is 36.5 Å². The maximum Gasteiger partial charge on any atom is 0.322 e. The van der Waals surface area contributed by atoms with E-state index in [1.54, 1.807) is 7.11 Å². The van der Waals surface area contributed by atoms with E-state index in [2.05, 4.69) is 61.8 Å². The summed E-state index contributed by atoms with van der Waals surface area (Å²) in [5.74, 6) is 0.674. The van der Waals surface area contributed by atoms with Crippen LogP contribution in [-0.2, 0) is 18.3 Å². The number of ether oxygens (including phenoxy) is 1. The van der Waals surface area contributed by atoms with Crippen molar-refractivity contribution in [2.24, 2.45) is 7.05 Å². The molecular weight excluding hydrogens is 350 g/mol. The molecule has 1 N–H and O–H groups in total. The molecule has 154 valence electrons. The van der Waals surface area contributed by atoms with Crippen LogP contribution in [0.2, 0.25) is 0 Å². The summed E-state index contributed by atoms with van der Waals surface area (Å²) in [6.45, 7) is 10.5. The van der Waals surface area contributed by atoms with Crippen LogP contribution in [0.5, 0.6) is 0 Å². The predicted molar refractivity (Wildman–Crippen MR) is 116 cm³/mol. The lowest BCUT2D eigenvalue weighted by Gasteiger charge is -2.26. The van der Waals surface area contributed by atoms with Gasteiger partial charge in [-0.1, -0.05) is 45.9 Å². The quantitative estimate of drug-likeness (QED) is 0.592. The summed E-state index contributed by atoms with van der Waals surface area (Å²) in [4.78, 5) is 15.1. The Morgan fingerprint density at radius 3 is 2.25 bits per heavy atom. The third-order valence-corrected chi connectivity index (χ3v) is 5.07. The molecule has 0 unspecified atom stereocenters. The standard InChI is InChI=1S/C23H35N3O2/c1-17(2)20-11-7-12-21(18(3)4)22(20)24-23(27)26(14-9-15-28-6)16-19-10-8-13-25(19)5/h7-8,10-13,17-18H,9,14-16H2,1-6H3,(H,24,27).